The van der Waals surface area contributed by atoms with Crippen LogP contribution in [0.5, 0.6) is 5.75 Å². The van der Waals surface area contributed by atoms with E-state index in [1.807, 2.05) is 0 Å². The van der Waals surface area contributed by atoms with Crippen molar-refractivity contribution in [1.82, 2.24) is 4.31 Å². The number of anilines is 1. The molecule has 0 aliphatic carbocycles. The van der Waals surface area contributed by atoms with Gasteiger partial charge in [-0.15, -0.1) is 0 Å². The molecule has 2 N–H and O–H groups in total. The molecule has 1 saturated heterocycles. The van der Waals surface area contributed by atoms with Gasteiger partial charge in [0.05, 0.1) is 10.5 Å². The number of nitrogens with one attached hydrogen (secondary N) is 1. The zero-order valence-corrected chi connectivity index (χ0v) is 15.8. The first-order valence-electron chi connectivity index (χ1n) is 8.72. The van der Waals surface area contributed by atoms with Gasteiger partial charge in [-0.2, -0.15) is 4.31 Å². The maximum absolute atomic E-state index is 12.6. The molecule has 9 heteroatoms. The number of hydrogen-bond donors (Lipinski definition) is 2. The summed E-state index contributed by atoms with van der Waals surface area (Å²) in [6.07, 6.45) is 1.67. The van der Waals surface area contributed by atoms with E-state index >= 15 is 0 Å². The highest BCUT2D eigenvalue weighted by atomic mass is 32.2. The van der Waals surface area contributed by atoms with Crippen LogP contribution in [0.15, 0.2) is 53.4 Å². The van der Waals surface area contributed by atoms with Crippen molar-refractivity contribution in [2.24, 2.45) is 0 Å². The molecule has 1 aliphatic heterocycles. The molecule has 0 unspecified atom stereocenters. The van der Waals surface area contributed by atoms with Crippen LogP contribution in [0.4, 0.5) is 5.69 Å². The highest BCUT2D eigenvalue weighted by molar-refractivity contribution is 7.89. The van der Waals surface area contributed by atoms with Crippen molar-refractivity contribution in [2.75, 3.05) is 25.0 Å². The van der Waals surface area contributed by atoms with E-state index in [0.717, 1.165) is 12.8 Å². The van der Waals surface area contributed by atoms with E-state index in [1.54, 1.807) is 12.1 Å². The number of ether oxygens (including phenoxy) is 1. The summed E-state index contributed by atoms with van der Waals surface area (Å²) in [5.74, 6) is -1.29. The molecule has 2 aromatic carbocycles. The van der Waals surface area contributed by atoms with Gasteiger partial charge in [-0.3, -0.25) is 4.79 Å². The molecule has 1 heterocycles. The first-order chi connectivity index (χ1) is 13.4. The number of phenolic OH excluding ortho intramolecular Hbond substituents is 1. The van der Waals surface area contributed by atoms with Crippen molar-refractivity contribution in [3.8, 4) is 5.75 Å². The van der Waals surface area contributed by atoms with Crippen molar-refractivity contribution in [2.45, 2.75) is 17.7 Å². The van der Waals surface area contributed by atoms with Gasteiger partial charge in [0.15, 0.2) is 6.61 Å². The summed E-state index contributed by atoms with van der Waals surface area (Å²) >= 11 is 0. The average Bonchev–Trinajstić information content (AvgIpc) is 3.22. The van der Waals surface area contributed by atoms with E-state index in [0.29, 0.717) is 18.8 Å². The van der Waals surface area contributed by atoms with Crippen molar-refractivity contribution in [1.29, 1.82) is 0 Å². The van der Waals surface area contributed by atoms with Gasteiger partial charge in [0, 0.05) is 18.8 Å². The number of carbonyl (C=O) groups excluding carboxylic acids is 2. The zero-order valence-electron chi connectivity index (χ0n) is 15.0. The van der Waals surface area contributed by atoms with Crippen LogP contribution in [0.3, 0.4) is 0 Å². The van der Waals surface area contributed by atoms with E-state index < -0.39 is 28.5 Å². The first-order valence-corrected chi connectivity index (χ1v) is 10.2. The normalized spacial score (nSPS) is 14.6. The maximum Gasteiger partial charge on any atom is 0.338 e. The van der Waals surface area contributed by atoms with E-state index in [2.05, 4.69) is 5.32 Å². The number of benzene rings is 2. The fourth-order valence-electron chi connectivity index (χ4n) is 2.82. The molecule has 2 aromatic rings. The van der Waals surface area contributed by atoms with E-state index in [9.17, 15) is 23.1 Å². The smallest absolute Gasteiger partial charge is 0.338 e. The van der Waals surface area contributed by atoms with Gasteiger partial charge >= 0.3 is 5.97 Å². The van der Waals surface area contributed by atoms with Crippen LogP contribution in [0.1, 0.15) is 23.2 Å². The quantitative estimate of drug-likeness (QED) is 0.712. The van der Waals surface area contributed by atoms with Crippen LogP contribution >= 0.6 is 0 Å². The number of rotatable bonds is 6. The van der Waals surface area contributed by atoms with Crippen molar-refractivity contribution in [3.63, 3.8) is 0 Å². The second-order valence-corrected chi connectivity index (χ2v) is 8.25. The Balaban J connectivity index is 1.60. The predicted octanol–water partition coefficient (Wildman–Crippen LogP) is 1.97. The van der Waals surface area contributed by atoms with Gasteiger partial charge in [0.1, 0.15) is 5.75 Å². The number of phenols is 1. The lowest BCUT2D eigenvalue weighted by Gasteiger charge is -2.16. The van der Waals surface area contributed by atoms with Crippen LogP contribution in [0, 0.1) is 0 Å². The van der Waals surface area contributed by atoms with E-state index in [4.69, 9.17) is 4.74 Å². The molecule has 3 rings (SSSR count). The molecule has 0 atom stereocenters. The van der Waals surface area contributed by atoms with Crippen molar-refractivity contribution < 1.29 is 27.9 Å². The zero-order chi connectivity index (χ0) is 20.1. The Labute approximate surface area is 162 Å². The lowest BCUT2D eigenvalue weighted by Crippen LogP contribution is -2.28. The van der Waals surface area contributed by atoms with Crippen LogP contribution < -0.4 is 5.32 Å². The lowest BCUT2D eigenvalue weighted by atomic mass is 10.2. The molecule has 0 bridgehead atoms. The fourth-order valence-corrected chi connectivity index (χ4v) is 4.38. The van der Waals surface area contributed by atoms with Gasteiger partial charge in [-0.1, -0.05) is 6.07 Å². The summed E-state index contributed by atoms with van der Waals surface area (Å²) in [6.45, 7) is 0.459. The van der Waals surface area contributed by atoms with Crippen LogP contribution in [0.2, 0.25) is 0 Å². The largest absolute Gasteiger partial charge is 0.508 e. The molecule has 1 aliphatic rings. The fraction of sp³-hybridized carbons (Fsp3) is 0.263. The van der Waals surface area contributed by atoms with Crippen LogP contribution in [-0.4, -0.2) is 49.4 Å². The Kier molecular flexibility index (Phi) is 5.96. The number of aromatic hydroxyl groups is 1. The Morgan fingerprint density at radius 2 is 1.75 bits per heavy atom. The highest BCUT2D eigenvalue weighted by Gasteiger charge is 2.27. The lowest BCUT2D eigenvalue weighted by molar-refractivity contribution is -0.119. The molecule has 1 fully saturated rings. The average molecular weight is 404 g/mol. The number of esters is 1. The minimum atomic E-state index is -3.59. The number of amides is 1. The Morgan fingerprint density at radius 1 is 1.07 bits per heavy atom. The molecule has 1 amide bonds. The number of hydrogen-bond acceptors (Lipinski definition) is 6. The monoisotopic (exact) mass is 404 g/mol. The van der Waals surface area contributed by atoms with Gasteiger partial charge in [0.25, 0.3) is 5.91 Å². The summed E-state index contributed by atoms with van der Waals surface area (Å²) in [4.78, 5) is 24.0. The van der Waals surface area contributed by atoms with Gasteiger partial charge < -0.3 is 15.2 Å². The van der Waals surface area contributed by atoms with Crippen molar-refractivity contribution >= 4 is 27.6 Å². The van der Waals surface area contributed by atoms with E-state index in [-0.39, 0.29) is 16.2 Å². The van der Waals surface area contributed by atoms with Gasteiger partial charge in [-0.25, -0.2) is 13.2 Å². The highest BCUT2D eigenvalue weighted by Crippen LogP contribution is 2.23. The second-order valence-electron chi connectivity index (χ2n) is 6.31. The summed E-state index contributed by atoms with van der Waals surface area (Å²) in [5, 5.41) is 11.7. The Bertz CT molecular complexity index is 966. The minimum absolute atomic E-state index is 0.0121. The maximum atomic E-state index is 12.6. The van der Waals surface area contributed by atoms with Crippen LogP contribution in [-0.2, 0) is 19.6 Å². The molecule has 0 aromatic heterocycles. The predicted molar refractivity (Wildman–Crippen MR) is 101 cm³/mol. The van der Waals surface area contributed by atoms with Gasteiger partial charge in [-0.05, 0) is 55.3 Å². The third-order valence-corrected chi connectivity index (χ3v) is 6.15. The topological polar surface area (TPSA) is 113 Å². The third-order valence-electron chi connectivity index (χ3n) is 4.26. The third kappa shape index (κ3) is 4.68. The summed E-state index contributed by atoms with van der Waals surface area (Å²) in [7, 11) is -3.59. The molecule has 28 heavy (non-hydrogen) atoms. The second kappa shape index (κ2) is 8.41. The molecular weight excluding hydrogens is 384 g/mol. The molecule has 0 saturated carbocycles. The summed E-state index contributed by atoms with van der Waals surface area (Å²) in [5.41, 5.74) is 0.496. The number of carbonyl (C=O) groups is 2. The number of nitrogens with zero attached hydrogens (tertiary/aromatic N) is 1. The molecule has 0 spiro atoms. The summed E-state index contributed by atoms with van der Waals surface area (Å²) in [6, 6.07) is 11.4. The minimum Gasteiger partial charge on any atom is -0.508 e. The molecule has 0 radical (unpaired) electrons. The Morgan fingerprint density at radius 3 is 2.43 bits per heavy atom. The SMILES string of the molecule is O=C(COC(=O)c1ccc(O)cc1)Nc1cccc(S(=O)(=O)N2CCCC2)c1. The molecular formula is C19H20N2O6S. The molecule has 148 valence electrons. The first kappa shape index (κ1) is 19.8. The number of sulfonamides is 1. The Hall–Kier alpha value is -2.91. The summed E-state index contributed by atoms with van der Waals surface area (Å²) < 4.78 is 31.5. The standard InChI is InChI=1S/C19H20N2O6S/c22-16-8-6-14(7-9-16)19(24)27-13-18(23)20-15-4-3-5-17(12-15)28(25,26)21-10-1-2-11-21/h3-9,12,22H,1-2,10-11,13H2,(H,20,23). The van der Waals surface area contributed by atoms with Crippen molar-refractivity contribution in [3.05, 3.63) is 54.1 Å². The van der Waals surface area contributed by atoms with Gasteiger partial charge in [0.2, 0.25) is 10.0 Å². The molecule has 8 nitrogen and oxygen atoms in total. The van der Waals surface area contributed by atoms with Crippen LogP contribution in [0.25, 0.3) is 0 Å². The van der Waals surface area contributed by atoms with E-state index in [1.165, 1.54) is 40.7 Å².